The van der Waals surface area contributed by atoms with E-state index in [1.807, 2.05) is 65.6 Å². The third kappa shape index (κ3) is 3.98. The monoisotopic (exact) mass is 306 g/mol. The summed E-state index contributed by atoms with van der Waals surface area (Å²) in [4.78, 5) is 13.5. The van der Waals surface area contributed by atoms with Crippen molar-refractivity contribution in [1.82, 2.24) is 0 Å². The van der Waals surface area contributed by atoms with Crippen LogP contribution < -0.4 is 4.90 Å². The molecule has 0 heterocycles. The summed E-state index contributed by atoms with van der Waals surface area (Å²) in [6, 6.07) is 20.7. The molecule has 0 amide bonds. The third-order valence-corrected chi connectivity index (χ3v) is 3.47. The number of esters is 1. The molecule has 4 heteroatoms. The summed E-state index contributed by atoms with van der Waals surface area (Å²) in [7, 11) is 1.32. The number of para-hydroxylation sites is 1. The Bertz CT molecular complexity index is 705. The normalized spacial score (nSPS) is 11.1. The highest BCUT2D eigenvalue weighted by Crippen LogP contribution is 2.27. The van der Waals surface area contributed by atoms with E-state index in [-0.39, 0.29) is 6.54 Å². The van der Waals surface area contributed by atoms with Gasteiger partial charge < -0.3 is 9.64 Å². The molecule has 2 aromatic carbocycles. The molecule has 0 N–H and O–H groups in total. The zero-order valence-electron chi connectivity index (χ0n) is 13.0. The fourth-order valence-corrected chi connectivity index (χ4v) is 2.33. The Morgan fingerprint density at radius 1 is 1.17 bits per heavy atom. The molecule has 4 nitrogen and oxygen atoms in total. The van der Waals surface area contributed by atoms with E-state index >= 15 is 0 Å². The molecule has 1 unspecified atom stereocenters. The highest BCUT2D eigenvalue weighted by Gasteiger charge is 2.23. The van der Waals surface area contributed by atoms with Crippen LogP contribution in [0.1, 0.15) is 11.6 Å². The quantitative estimate of drug-likeness (QED) is 0.605. The molecule has 0 saturated carbocycles. The number of hydrogen-bond donors (Lipinski definition) is 0. The average molecular weight is 306 g/mol. The number of ether oxygens (including phenoxy) is 1. The van der Waals surface area contributed by atoms with E-state index in [1.54, 1.807) is 0 Å². The summed E-state index contributed by atoms with van der Waals surface area (Å²) in [5.74, 6) is -0.476. The smallest absolute Gasteiger partial charge is 0.334 e. The maximum Gasteiger partial charge on any atom is 0.334 e. The first-order valence-electron chi connectivity index (χ1n) is 7.19. The number of hydrogen-bond acceptors (Lipinski definition) is 4. The predicted octanol–water partition coefficient (Wildman–Crippen LogP) is 3.49. The van der Waals surface area contributed by atoms with Crippen LogP contribution in [0.25, 0.3) is 0 Å². The lowest BCUT2D eigenvalue weighted by Crippen LogP contribution is -2.31. The fraction of sp³-hybridized carbons (Fsp3) is 0.158. The van der Waals surface area contributed by atoms with E-state index in [9.17, 15) is 10.1 Å². The second-order valence-electron chi connectivity index (χ2n) is 5.00. The molecule has 0 spiro atoms. The van der Waals surface area contributed by atoms with E-state index in [2.05, 4.69) is 12.6 Å². The van der Waals surface area contributed by atoms with Crippen molar-refractivity contribution in [2.45, 2.75) is 6.04 Å². The van der Waals surface area contributed by atoms with Crippen LogP contribution in [0, 0.1) is 11.3 Å². The molecule has 116 valence electrons. The average Bonchev–Trinajstić information content (AvgIpc) is 2.62. The maximum absolute atomic E-state index is 11.7. The molecular weight excluding hydrogens is 288 g/mol. The topological polar surface area (TPSA) is 53.3 Å². The highest BCUT2D eigenvalue weighted by atomic mass is 16.5. The summed E-state index contributed by atoms with van der Waals surface area (Å²) in [5.41, 5.74) is 2.00. The molecule has 0 saturated heterocycles. The minimum Gasteiger partial charge on any atom is -0.466 e. The van der Waals surface area contributed by atoms with Crippen LogP contribution in [-0.2, 0) is 9.53 Å². The zero-order chi connectivity index (χ0) is 16.7. The van der Waals surface area contributed by atoms with Crippen LogP contribution in [0.15, 0.2) is 72.8 Å². The molecule has 0 aliphatic rings. The molecule has 2 aromatic rings. The Balaban J connectivity index is 2.39. The Hall–Kier alpha value is -3.06. The van der Waals surface area contributed by atoms with Crippen LogP contribution >= 0.6 is 0 Å². The Morgan fingerprint density at radius 3 is 2.26 bits per heavy atom. The van der Waals surface area contributed by atoms with Gasteiger partial charge in [0.25, 0.3) is 0 Å². The molecule has 0 aliphatic heterocycles. The van der Waals surface area contributed by atoms with Crippen LogP contribution in [0.2, 0.25) is 0 Å². The van der Waals surface area contributed by atoms with Crippen molar-refractivity contribution in [3.8, 4) is 6.07 Å². The molecule has 23 heavy (non-hydrogen) atoms. The van der Waals surface area contributed by atoms with Gasteiger partial charge in [-0.05, 0) is 17.7 Å². The first-order valence-corrected chi connectivity index (χ1v) is 7.19. The van der Waals surface area contributed by atoms with Gasteiger partial charge in [0.15, 0.2) is 0 Å². The standard InChI is InChI=1S/C19H18N2O2/c1-15(19(22)23-2)14-21(17-11-7-4-8-12-17)18(13-20)16-9-5-3-6-10-16/h3-12,18H,1,14H2,2H3. The number of nitrogens with zero attached hydrogens (tertiary/aromatic N) is 2. The minimum absolute atomic E-state index is 0.212. The van der Waals surface area contributed by atoms with Gasteiger partial charge in [-0.3, -0.25) is 0 Å². The van der Waals surface area contributed by atoms with E-state index < -0.39 is 12.0 Å². The number of anilines is 1. The van der Waals surface area contributed by atoms with Gasteiger partial charge in [0.2, 0.25) is 0 Å². The van der Waals surface area contributed by atoms with Crippen molar-refractivity contribution in [3.05, 3.63) is 78.4 Å². The Labute approximate surface area is 136 Å². The van der Waals surface area contributed by atoms with Gasteiger partial charge in [-0.25, -0.2) is 4.79 Å². The van der Waals surface area contributed by atoms with E-state index in [0.29, 0.717) is 5.57 Å². The number of carbonyl (C=O) groups excluding carboxylic acids is 1. The SMILES string of the molecule is C=C(CN(c1ccccc1)C(C#N)c1ccccc1)C(=O)OC. The highest BCUT2D eigenvalue weighted by molar-refractivity contribution is 5.88. The second-order valence-corrected chi connectivity index (χ2v) is 5.00. The zero-order valence-corrected chi connectivity index (χ0v) is 13.0. The summed E-state index contributed by atoms with van der Waals surface area (Å²) in [6.45, 7) is 3.99. The van der Waals surface area contributed by atoms with Crippen LogP contribution in [0.3, 0.4) is 0 Å². The van der Waals surface area contributed by atoms with Gasteiger partial charge in [-0.2, -0.15) is 5.26 Å². The summed E-state index contributed by atoms with van der Waals surface area (Å²) < 4.78 is 4.72. The lowest BCUT2D eigenvalue weighted by atomic mass is 10.0. The van der Waals surface area contributed by atoms with Gasteiger partial charge in [0, 0.05) is 11.3 Å². The number of nitriles is 1. The first-order chi connectivity index (χ1) is 11.2. The lowest BCUT2D eigenvalue weighted by Gasteiger charge is -2.30. The van der Waals surface area contributed by atoms with Gasteiger partial charge in [0.05, 0.1) is 19.7 Å². The molecule has 0 fully saturated rings. The molecule has 0 aliphatic carbocycles. The van der Waals surface area contributed by atoms with Gasteiger partial charge in [0.1, 0.15) is 6.04 Å². The number of carbonyl (C=O) groups is 1. The number of methoxy groups -OCH3 is 1. The first kappa shape index (κ1) is 16.3. The minimum atomic E-state index is -0.528. The van der Waals surface area contributed by atoms with Gasteiger partial charge >= 0.3 is 5.97 Å². The van der Waals surface area contributed by atoms with Gasteiger partial charge in [-0.1, -0.05) is 55.1 Å². The van der Waals surface area contributed by atoms with Crippen LogP contribution in [-0.4, -0.2) is 19.6 Å². The molecule has 1 atom stereocenters. The number of rotatable bonds is 6. The molecule has 0 radical (unpaired) electrons. The van der Waals surface area contributed by atoms with E-state index in [4.69, 9.17) is 4.74 Å². The summed E-state index contributed by atoms with van der Waals surface area (Å²) >= 11 is 0. The fourth-order valence-electron chi connectivity index (χ4n) is 2.33. The van der Waals surface area contributed by atoms with E-state index in [0.717, 1.165) is 11.3 Å². The van der Waals surface area contributed by atoms with Crippen LogP contribution in [0.4, 0.5) is 5.69 Å². The number of benzene rings is 2. The van der Waals surface area contributed by atoms with Crippen molar-refractivity contribution >= 4 is 11.7 Å². The second kappa shape index (κ2) is 7.81. The van der Waals surface area contributed by atoms with E-state index in [1.165, 1.54) is 7.11 Å². The lowest BCUT2D eigenvalue weighted by molar-refractivity contribution is -0.136. The van der Waals surface area contributed by atoms with Crippen molar-refractivity contribution in [2.24, 2.45) is 0 Å². The molecule has 2 rings (SSSR count). The summed E-state index contributed by atoms with van der Waals surface area (Å²) in [5, 5.41) is 9.68. The predicted molar refractivity (Wildman–Crippen MR) is 89.7 cm³/mol. The summed E-state index contributed by atoms with van der Waals surface area (Å²) in [6.07, 6.45) is 0. The Kier molecular flexibility index (Phi) is 5.54. The third-order valence-electron chi connectivity index (χ3n) is 3.47. The van der Waals surface area contributed by atoms with Crippen LogP contribution in [0.5, 0.6) is 0 Å². The van der Waals surface area contributed by atoms with Crippen molar-refractivity contribution < 1.29 is 9.53 Å². The Morgan fingerprint density at radius 2 is 1.74 bits per heavy atom. The van der Waals surface area contributed by atoms with Crippen molar-refractivity contribution in [3.63, 3.8) is 0 Å². The van der Waals surface area contributed by atoms with Gasteiger partial charge in [-0.15, -0.1) is 0 Å². The van der Waals surface area contributed by atoms with Crippen molar-refractivity contribution in [1.29, 1.82) is 5.26 Å². The van der Waals surface area contributed by atoms with Crippen molar-refractivity contribution in [2.75, 3.05) is 18.6 Å². The maximum atomic E-state index is 11.7. The molecular formula is C19H18N2O2. The largest absolute Gasteiger partial charge is 0.466 e. The molecule has 0 aromatic heterocycles. The molecule has 0 bridgehead atoms.